The Morgan fingerprint density at radius 1 is 0.921 bits per heavy atom. The van der Waals surface area contributed by atoms with Gasteiger partial charge in [-0.1, -0.05) is 12.1 Å². The highest BCUT2D eigenvalue weighted by molar-refractivity contribution is 7.80. The van der Waals surface area contributed by atoms with E-state index in [9.17, 15) is 34.2 Å². The standard InChI is InChI=1S/C23H30N6O8S/c24-15(5-6-19(31)32)20(33)29-18(10-38)22(35)27-16(8-13-9-25-11-26-13)21(34)28-17(23(36)37)7-12-1-3-14(30)4-2-12/h1-4,9,11,15-18,30,38H,5-8,10,24H2,(H,25,26)(H,27,35)(H,28,34)(H,29,33)(H,31,32)(H,36,37). The van der Waals surface area contributed by atoms with Crippen molar-refractivity contribution in [1.82, 2.24) is 25.9 Å². The molecule has 2 aromatic rings. The molecule has 0 spiro atoms. The Morgan fingerprint density at radius 2 is 1.53 bits per heavy atom. The number of aromatic hydroxyl groups is 1. The Morgan fingerprint density at radius 3 is 2.08 bits per heavy atom. The van der Waals surface area contributed by atoms with E-state index in [1.165, 1.54) is 36.8 Å². The largest absolute Gasteiger partial charge is 0.508 e. The van der Waals surface area contributed by atoms with Gasteiger partial charge in [0.15, 0.2) is 0 Å². The van der Waals surface area contributed by atoms with E-state index in [4.69, 9.17) is 10.8 Å². The number of carboxylic acids is 2. The first kappa shape index (κ1) is 30.1. The number of thiol groups is 1. The minimum atomic E-state index is -1.35. The average molecular weight is 551 g/mol. The van der Waals surface area contributed by atoms with E-state index in [0.717, 1.165) is 0 Å². The molecule has 1 aromatic heterocycles. The van der Waals surface area contributed by atoms with Gasteiger partial charge in [-0.25, -0.2) is 9.78 Å². The molecule has 0 radical (unpaired) electrons. The molecule has 4 unspecified atom stereocenters. The molecule has 1 heterocycles. The Labute approximate surface area is 222 Å². The molecular weight excluding hydrogens is 520 g/mol. The predicted molar refractivity (Wildman–Crippen MR) is 136 cm³/mol. The molecule has 206 valence electrons. The highest BCUT2D eigenvalue weighted by Gasteiger charge is 2.30. The Kier molecular flexibility index (Phi) is 11.6. The number of aromatic nitrogens is 2. The normalized spacial score (nSPS) is 13.9. The summed E-state index contributed by atoms with van der Waals surface area (Å²) in [5, 5.41) is 35.1. The summed E-state index contributed by atoms with van der Waals surface area (Å²) in [5.74, 6) is -4.97. The number of nitrogens with one attached hydrogen (secondary N) is 4. The zero-order valence-electron chi connectivity index (χ0n) is 20.2. The van der Waals surface area contributed by atoms with Crippen LogP contribution in [0.4, 0.5) is 0 Å². The first-order valence-corrected chi connectivity index (χ1v) is 12.1. The van der Waals surface area contributed by atoms with Crippen molar-refractivity contribution in [3.63, 3.8) is 0 Å². The topological polar surface area (TPSA) is 237 Å². The van der Waals surface area contributed by atoms with Crippen molar-refractivity contribution in [3.05, 3.63) is 48.0 Å². The number of nitrogens with two attached hydrogens (primary N) is 1. The van der Waals surface area contributed by atoms with Gasteiger partial charge < -0.3 is 42.0 Å². The molecule has 4 atom stereocenters. The van der Waals surface area contributed by atoms with Crippen LogP contribution in [0, 0.1) is 0 Å². The molecule has 0 saturated carbocycles. The van der Waals surface area contributed by atoms with Crippen LogP contribution in [-0.2, 0) is 36.8 Å². The van der Waals surface area contributed by atoms with E-state index in [-0.39, 0.29) is 37.2 Å². The number of hydrogen-bond donors (Lipinski definition) is 9. The summed E-state index contributed by atoms with van der Waals surface area (Å²) in [6.45, 7) is 0. The monoisotopic (exact) mass is 550 g/mol. The van der Waals surface area contributed by atoms with Crippen LogP contribution in [0.1, 0.15) is 24.1 Å². The molecule has 1 aromatic carbocycles. The van der Waals surface area contributed by atoms with Gasteiger partial charge in [0.25, 0.3) is 0 Å². The number of imidazole rings is 1. The fourth-order valence-corrected chi connectivity index (χ4v) is 3.58. The fraction of sp³-hybridized carbons (Fsp3) is 0.391. The van der Waals surface area contributed by atoms with E-state index < -0.39 is 53.8 Å². The number of carbonyl (C=O) groups excluding carboxylic acids is 3. The number of nitrogens with zero attached hydrogens (tertiary/aromatic N) is 1. The summed E-state index contributed by atoms with van der Waals surface area (Å²) in [6.07, 6.45) is 2.14. The third kappa shape index (κ3) is 9.74. The molecule has 0 aliphatic carbocycles. The van der Waals surface area contributed by atoms with Crippen molar-refractivity contribution in [3.8, 4) is 5.75 Å². The maximum Gasteiger partial charge on any atom is 0.326 e. The van der Waals surface area contributed by atoms with E-state index in [1.54, 1.807) is 0 Å². The Bertz CT molecular complexity index is 1110. The van der Waals surface area contributed by atoms with Crippen LogP contribution in [0.5, 0.6) is 5.75 Å². The van der Waals surface area contributed by atoms with Crippen molar-refractivity contribution in [2.45, 2.75) is 49.9 Å². The molecule has 14 nitrogen and oxygen atoms in total. The molecule has 0 fully saturated rings. The number of amides is 3. The number of aromatic amines is 1. The Balaban J connectivity index is 2.12. The van der Waals surface area contributed by atoms with Crippen molar-refractivity contribution in [1.29, 1.82) is 0 Å². The molecule has 2 rings (SSSR count). The number of hydrogen-bond acceptors (Lipinski definition) is 9. The van der Waals surface area contributed by atoms with E-state index in [1.807, 2.05) is 0 Å². The van der Waals surface area contributed by atoms with E-state index in [2.05, 4.69) is 38.5 Å². The molecule has 0 bridgehead atoms. The van der Waals surface area contributed by atoms with Crippen LogP contribution in [0.2, 0.25) is 0 Å². The number of carbonyl (C=O) groups is 5. The van der Waals surface area contributed by atoms with Gasteiger partial charge in [-0.3, -0.25) is 19.2 Å². The van der Waals surface area contributed by atoms with Crippen LogP contribution in [0.3, 0.4) is 0 Å². The van der Waals surface area contributed by atoms with Crippen LogP contribution in [0.15, 0.2) is 36.8 Å². The zero-order chi connectivity index (χ0) is 28.2. The second kappa shape index (κ2) is 14.6. The summed E-state index contributed by atoms with van der Waals surface area (Å²) < 4.78 is 0. The first-order chi connectivity index (χ1) is 18.0. The summed E-state index contributed by atoms with van der Waals surface area (Å²) in [5.41, 5.74) is 6.70. The lowest BCUT2D eigenvalue weighted by molar-refractivity contribution is -0.142. The number of phenolic OH excluding ortho intramolecular Hbond substituents is 1. The van der Waals surface area contributed by atoms with Crippen molar-refractivity contribution < 1.29 is 39.3 Å². The highest BCUT2D eigenvalue weighted by Crippen LogP contribution is 2.12. The molecule has 0 saturated heterocycles. The molecule has 9 N–H and O–H groups in total. The maximum atomic E-state index is 13.1. The predicted octanol–water partition coefficient (Wildman–Crippen LogP) is -1.44. The van der Waals surface area contributed by atoms with Gasteiger partial charge in [0.05, 0.1) is 12.4 Å². The minimum Gasteiger partial charge on any atom is -0.508 e. The smallest absolute Gasteiger partial charge is 0.326 e. The summed E-state index contributed by atoms with van der Waals surface area (Å²) in [4.78, 5) is 67.5. The zero-order valence-corrected chi connectivity index (χ0v) is 21.1. The molecule has 0 aliphatic rings. The molecule has 15 heteroatoms. The highest BCUT2D eigenvalue weighted by atomic mass is 32.1. The summed E-state index contributed by atoms with van der Waals surface area (Å²) >= 11 is 4.07. The van der Waals surface area contributed by atoms with Crippen LogP contribution >= 0.6 is 12.6 Å². The van der Waals surface area contributed by atoms with Gasteiger partial charge >= 0.3 is 11.9 Å². The maximum absolute atomic E-state index is 13.1. The van der Waals surface area contributed by atoms with E-state index >= 15 is 0 Å². The van der Waals surface area contributed by atoms with Crippen LogP contribution in [0.25, 0.3) is 0 Å². The average Bonchev–Trinajstić information content (AvgIpc) is 3.39. The molecule has 3 amide bonds. The summed E-state index contributed by atoms with van der Waals surface area (Å²) in [7, 11) is 0. The van der Waals surface area contributed by atoms with Gasteiger partial charge in [-0.2, -0.15) is 12.6 Å². The lowest BCUT2D eigenvalue weighted by atomic mass is 10.0. The molecule has 0 aliphatic heterocycles. The number of benzene rings is 1. The fourth-order valence-electron chi connectivity index (χ4n) is 3.32. The second-order valence-electron chi connectivity index (χ2n) is 8.39. The third-order valence-corrected chi connectivity index (χ3v) is 5.79. The van der Waals surface area contributed by atoms with Gasteiger partial charge in [-0.05, 0) is 24.1 Å². The molecule has 38 heavy (non-hydrogen) atoms. The number of aliphatic carboxylic acids is 2. The first-order valence-electron chi connectivity index (χ1n) is 11.5. The lowest BCUT2D eigenvalue weighted by Gasteiger charge is -2.24. The van der Waals surface area contributed by atoms with Gasteiger partial charge in [0.1, 0.15) is 23.9 Å². The molecular formula is C23H30N6O8S. The van der Waals surface area contributed by atoms with Crippen molar-refractivity contribution in [2.24, 2.45) is 5.73 Å². The van der Waals surface area contributed by atoms with Crippen LogP contribution < -0.4 is 21.7 Å². The van der Waals surface area contributed by atoms with Gasteiger partial charge in [0.2, 0.25) is 17.7 Å². The SMILES string of the molecule is NC(CCC(=O)O)C(=O)NC(CS)C(=O)NC(Cc1cnc[nH]1)C(=O)NC(Cc1ccc(O)cc1)C(=O)O. The Hall–Kier alpha value is -4.11. The lowest BCUT2D eigenvalue weighted by Crippen LogP contribution is -2.58. The third-order valence-electron chi connectivity index (χ3n) is 5.42. The van der Waals surface area contributed by atoms with E-state index in [0.29, 0.717) is 11.3 Å². The number of H-pyrrole nitrogens is 1. The van der Waals surface area contributed by atoms with Gasteiger partial charge in [0, 0.05) is 36.9 Å². The van der Waals surface area contributed by atoms with Crippen molar-refractivity contribution in [2.75, 3.05) is 5.75 Å². The minimum absolute atomic E-state index is 0.000621. The van der Waals surface area contributed by atoms with Gasteiger partial charge in [-0.15, -0.1) is 0 Å². The summed E-state index contributed by atoms with van der Waals surface area (Å²) in [6, 6.07) is 0.802. The van der Waals surface area contributed by atoms with Crippen molar-refractivity contribution >= 4 is 42.3 Å². The number of rotatable bonds is 15. The number of carboxylic acid groups (broad SMARTS) is 2. The number of phenols is 1. The quantitative estimate of drug-likeness (QED) is 0.117. The second-order valence-corrected chi connectivity index (χ2v) is 8.76. The van der Waals surface area contributed by atoms with Crippen LogP contribution in [-0.4, -0.2) is 84.9 Å².